The first-order valence-electron chi connectivity index (χ1n) is 13.2. The summed E-state index contributed by atoms with van der Waals surface area (Å²) in [4.78, 5) is 43.1. The molecule has 2 fully saturated rings. The van der Waals surface area contributed by atoms with E-state index in [1.54, 1.807) is 34.6 Å². The van der Waals surface area contributed by atoms with Crippen LogP contribution in [0.25, 0.3) is 6.08 Å². The van der Waals surface area contributed by atoms with Crippen molar-refractivity contribution in [2.75, 3.05) is 6.54 Å². The van der Waals surface area contributed by atoms with Gasteiger partial charge in [-0.05, 0) is 67.1 Å². The minimum atomic E-state index is -0.959. The molecule has 2 aromatic heterocycles. The van der Waals surface area contributed by atoms with Crippen LogP contribution in [-0.4, -0.2) is 45.5 Å². The smallest absolute Gasteiger partial charge is 0.323 e. The average molecular weight is 539 g/mol. The predicted molar refractivity (Wildman–Crippen MR) is 148 cm³/mol. The molecule has 0 aromatic carbocycles. The van der Waals surface area contributed by atoms with E-state index in [0.717, 1.165) is 60.4 Å². The largest absolute Gasteiger partial charge is 0.325 e. The minimum Gasteiger partial charge on any atom is -0.323 e. The molecule has 4 heterocycles. The number of fused-ring (bicyclic) bond motifs is 1. The van der Waals surface area contributed by atoms with Gasteiger partial charge in [-0.15, -0.1) is 22.7 Å². The van der Waals surface area contributed by atoms with Crippen molar-refractivity contribution in [3.05, 3.63) is 50.4 Å². The molecule has 3 unspecified atom stereocenters. The summed E-state index contributed by atoms with van der Waals surface area (Å²) in [6.45, 7) is 3.61. The summed E-state index contributed by atoms with van der Waals surface area (Å²) in [5.41, 5.74) is 1.18. The Balaban J connectivity index is 1.38. The minimum absolute atomic E-state index is 0.106. The summed E-state index contributed by atoms with van der Waals surface area (Å²) in [5, 5.41) is 13.4. The molecule has 9 heteroatoms. The molecular formula is C28H34N4O3S2. The molecule has 5 rings (SSSR count). The van der Waals surface area contributed by atoms with E-state index in [9.17, 15) is 14.4 Å². The van der Waals surface area contributed by atoms with Gasteiger partial charge in [0.1, 0.15) is 12.1 Å². The van der Waals surface area contributed by atoms with Gasteiger partial charge in [0.25, 0.3) is 11.8 Å². The number of carbonyl (C=O) groups excluding carboxylic acids is 3. The van der Waals surface area contributed by atoms with Crippen molar-refractivity contribution in [1.82, 2.24) is 15.2 Å². The number of allylic oxidation sites excluding steroid dienone is 1. The summed E-state index contributed by atoms with van der Waals surface area (Å²) < 4.78 is 0. The molecule has 2 aromatic rings. The Morgan fingerprint density at radius 3 is 2.73 bits per heavy atom. The van der Waals surface area contributed by atoms with Gasteiger partial charge in [-0.3, -0.25) is 14.5 Å². The monoisotopic (exact) mass is 538 g/mol. The predicted octanol–water partition coefficient (Wildman–Crippen LogP) is 6.21. The van der Waals surface area contributed by atoms with E-state index >= 15 is 0 Å². The summed E-state index contributed by atoms with van der Waals surface area (Å²) in [6, 6.07) is 7.46. The second kappa shape index (κ2) is 10.9. The molecule has 1 aliphatic carbocycles. The Kier molecular flexibility index (Phi) is 7.62. The van der Waals surface area contributed by atoms with Gasteiger partial charge in [0.05, 0.1) is 11.8 Å². The van der Waals surface area contributed by atoms with Crippen LogP contribution in [0.15, 0.2) is 45.7 Å². The van der Waals surface area contributed by atoms with Gasteiger partial charge in [0, 0.05) is 15.7 Å². The van der Waals surface area contributed by atoms with Crippen molar-refractivity contribution in [2.24, 2.45) is 11.0 Å². The lowest BCUT2D eigenvalue weighted by Crippen LogP contribution is -2.45. The van der Waals surface area contributed by atoms with Crippen LogP contribution in [0.5, 0.6) is 0 Å². The Morgan fingerprint density at radius 2 is 2.00 bits per heavy atom. The number of urea groups is 1. The molecule has 37 heavy (non-hydrogen) atoms. The van der Waals surface area contributed by atoms with Crippen LogP contribution in [0.2, 0.25) is 0 Å². The number of unbranched alkanes of at least 4 members (excludes halogenated alkanes) is 3. The highest BCUT2D eigenvalue weighted by molar-refractivity contribution is 7.11. The van der Waals surface area contributed by atoms with E-state index in [4.69, 9.17) is 5.10 Å². The zero-order valence-corrected chi connectivity index (χ0v) is 23.1. The number of imide groups is 1. The lowest BCUT2D eigenvalue weighted by molar-refractivity contribution is -0.140. The van der Waals surface area contributed by atoms with Crippen LogP contribution >= 0.6 is 22.7 Å². The van der Waals surface area contributed by atoms with E-state index in [0.29, 0.717) is 6.42 Å². The number of nitrogens with zero attached hydrogens (tertiary/aromatic N) is 3. The van der Waals surface area contributed by atoms with E-state index in [1.165, 1.54) is 10.5 Å². The third-order valence-corrected chi connectivity index (χ3v) is 9.38. The van der Waals surface area contributed by atoms with Gasteiger partial charge in [0.15, 0.2) is 0 Å². The number of amides is 4. The summed E-state index contributed by atoms with van der Waals surface area (Å²) in [5.74, 6) is -0.540. The van der Waals surface area contributed by atoms with Gasteiger partial charge in [0.2, 0.25) is 0 Å². The van der Waals surface area contributed by atoms with Crippen LogP contribution in [0.4, 0.5) is 4.79 Å². The summed E-state index contributed by atoms with van der Waals surface area (Å²) >= 11 is 3.30. The van der Waals surface area contributed by atoms with Gasteiger partial charge in [-0.25, -0.2) is 9.80 Å². The SMILES string of the molecule is CCCCCCC1(C)NC(=O)N(CC(=O)N2N=C3/C(=C\c4cccs4)CCCC3C2c2cccs2)C1=O. The third-order valence-electron chi connectivity index (χ3n) is 7.62. The third kappa shape index (κ3) is 5.16. The van der Waals surface area contributed by atoms with Gasteiger partial charge in [-0.1, -0.05) is 44.7 Å². The number of nitrogens with one attached hydrogen (secondary N) is 1. The van der Waals surface area contributed by atoms with Crippen molar-refractivity contribution in [1.29, 1.82) is 0 Å². The van der Waals surface area contributed by atoms with Crippen molar-refractivity contribution < 1.29 is 14.4 Å². The van der Waals surface area contributed by atoms with Crippen molar-refractivity contribution in [3.63, 3.8) is 0 Å². The molecule has 2 aliphatic heterocycles. The Bertz CT molecular complexity index is 1200. The van der Waals surface area contributed by atoms with Crippen molar-refractivity contribution in [3.8, 4) is 0 Å². The molecule has 1 saturated heterocycles. The quantitative estimate of drug-likeness (QED) is 0.304. The van der Waals surface area contributed by atoms with Crippen molar-refractivity contribution >= 4 is 52.3 Å². The zero-order chi connectivity index (χ0) is 26.0. The molecule has 7 nitrogen and oxygen atoms in total. The highest BCUT2D eigenvalue weighted by Gasteiger charge is 2.50. The van der Waals surface area contributed by atoms with Crippen LogP contribution in [-0.2, 0) is 9.59 Å². The number of hydrazone groups is 1. The molecule has 1 N–H and O–H groups in total. The lowest BCUT2D eigenvalue weighted by atomic mass is 9.79. The maximum absolute atomic E-state index is 13.7. The van der Waals surface area contributed by atoms with E-state index in [2.05, 4.69) is 29.8 Å². The fraction of sp³-hybridized carbons (Fsp3) is 0.500. The maximum atomic E-state index is 13.7. The summed E-state index contributed by atoms with van der Waals surface area (Å²) in [7, 11) is 0. The standard InChI is InChI=1S/C28H34N4O3S2/c1-3-4-5-6-14-28(2)26(34)31(27(35)29-28)18-23(33)32-25(22-13-9-16-37-22)21-12-7-10-19(24(21)30-32)17-20-11-8-15-36-20/h8-9,11,13,15-17,21,25H,3-7,10,12,14,18H2,1-2H3,(H,29,35)/b19-17-. The van der Waals surface area contributed by atoms with Crippen molar-refractivity contribution in [2.45, 2.75) is 76.8 Å². The molecule has 0 bridgehead atoms. The average Bonchev–Trinajstić information content (AvgIpc) is 3.67. The Hall–Kier alpha value is -2.78. The normalized spacial score (nSPS) is 26.5. The van der Waals surface area contributed by atoms with Gasteiger partial charge in [-0.2, -0.15) is 5.10 Å². The number of thiophene rings is 2. The van der Waals surface area contributed by atoms with Gasteiger partial charge >= 0.3 is 6.03 Å². The fourth-order valence-electron chi connectivity index (χ4n) is 5.66. The molecule has 3 aliphatic rings. The van der Waals surface area contributed by atoms with E-state index < -0.39 is 11.6 Å². The second-order valence-electron chi connectivity index (χ2n) is 10.3. The highest BCUT2D eigenvalue weighted by atomic mass is 32.1. The van der Waals surface area contributed by atoms with E-state index in [1.807, 2.05) is 23.6 Å². The first-order valence-corrected chi connectivity index (χ1v) is 15.0. The number of hydrogen-bond acceptors (Lipinski definition) is 6. The molecule has 196 valence electrons. The van der Waals surface area contributed by atoms with Gasteiger partial charge < -0.3 is 5.32 Å². The zero-order valence-electron chi connectivity index (χ0n) is 21.4. The molecule has 0 radical (unpaired) electrons. The second-order valence-corrected chi connectivity index (χ2v) is 12.3. The Morgan fingerprint density at radius 1 is 1.19 bits per heavy atom. The fourth-order valence-corrected chi connectivity index (χ4v) is 7.22. The first-order chi connectivity index (χ1) is 17.9. The molecule has 3 atom stereocenters. The van der Waals surface area contributed by atoms with Crippen LogP contribution in [0, 0.1) is 5.92 Å². The topological polar surface area (TPSA) is 82.1 Å². The van der Waals surface area contributed by atoms with Crippen LogP contribution < -0.4 is 5.32 Å². The number of rotatable bonds is 9. The number of carbonyl (C=O) groups is 3. The van der Waals surface area contributed by atoms with Crippen LogP contribution in [0.3, 0.4) is 0 Å². The first kappa shape index (κ1) is 25.9. The molecular weight excluding hydrogens is 504 g/mol. The lowest BCUT2D eigenvalue weighted by Gasteiger charge is -2.29. The highest BCUT2D eigenvalue weighted by Crippen LogP contribution is 2.45. The number of hydrogen-bond donors (Lipinski definition) is 1. The molecule has 0 spiro atoms. The van der Waals surface area contributed by atoms with Crippen LogP contribution in [0.1, 0.15) is 81.0 Å². The Labute approximate surface area is 226 Å². The van der Waals surface area contributed by atoms with E-state index in [-0.39, 0.29) is 30.3 Å². The summed E-state index contributed by atoms with van der Waals surface area (Å²) in [6.07, 6.45) is 9.76. The maximum Gasteiger partial charge on any atom is 0.325 e. The molecule has 1 saturated carbocycles. The molecule has 4 amide bonds.